The van der Waals surface area contributed by atoms with Crippen LogP contribution in [0.3, 0.4) is 0 Å². The number of rotatable bonds is 4. The van der Waals surface area contributed by atoms with Crippen LogP contribution in [0.4, 0.5) is 5.69 Å². The lowest BCUT2D eigenvalue weighted by molar-refractivity contribution is 0.190. The van der Waals surface area contributed by atoms with Crippen molar-refractivity contribution in [3.05, 3.63) is 32.6 Å². The highest BCUT2D eigenvalue weighted by Gasteiger charge is 2.16. The molecule has 2 heterocycles. The van der Waals surface area contributed by atoms with Crippen molar-refractivity contribution in [2.75, 3.05) is 19.0 Å². The Hall–Kier alpha value is -2.15. The number of pyridine rings is 1. The van der Waals surface area contributed by atoms with Gasteiger partial charge in [0.25, 0.3) is 5.56 Å². The maximum Gasteiger partial charge on any atom is 0.332 e. The summed E-state index contributed by atoms with van der Waals surface area (Å²) in [5.41, 5.74) is 1.18. The van der Waals surface area contributed by atoms with Gasteiger partial charge in [-0.25, -0.2) is 9.78 Å². The Morgan fingerprint density at radius 2 is 2.00 bits per heavy atom. The zero-order chi connectivity index (χ0) is 15.7. The number of hydrogen-bond acceptors (Lipinski definition) is 5. The van der Waals surface area contributed by atoms with Gasteiger partial charge in [0.1, 0.15) is 5.39 Å². The van der Waals surface area contributed by atoms with Crippen LogP contribution < -0.4 is 16.6 Å². The number of nitrogens with zero attached hydrogens (tertiary/aromatic N) is 3. The lowest BCUT2D eigenvalue weighted by Gasteiger charge is -2.18. The number of anilines is 1. The molecule has 2 aromatic rings. The summed E-state index contributed by atoms with van der Waals surface area (Å²) in [6, 6.07) is 0.0289. The van der Waals surface area contributed by atoms with Gasteiger partial charge in [0, 0.05) is 33.4 Å². The number of methoxy groups -OCH3 is 1. The van der Waals surface area contributed by atoms with Gasteiger partial charge < -0.3 is 10.1 Å². The Labute approximate surface area is 122 Å². The third kappa shape index (κ3) is 2.56. The van der Waals surface area contributed by atoms with Crippen LogP contribution >= 0.6 is 0 Å². The Morgan fingerprint density at radius 3 is 2.62 bits per heavy atom. The van der Waals surface area contributed by atoms with Crippen molar-refractivity contribution in [3.8, 4) is 0 Å². The number of aromatic nitrogens is 3. The van der Waals surface area contributed by atoms with Gasteiger partial charge in [-0.2, -0.15) is 0 Å². The molecule has 2 rings (SSSR count). The smallest absolute Gasteiger partial charge is 0.332 e. The minimum Gasteiger partial charge on any atom is -0.383 e. The van der Waals surface area contributed by atoms with Crippen LogP contribution in [0.15, 0.2) is 15.8 Å². The maximum atomic E-state index is 12.5. The van der Waals surface area contributed by atoms with E-state index in [2.05, 4.69) is 10.3 Å². The van der Waals surface area contributed by atoms with E-state index in [0.29, 0.717) is 23.3 Å². The zero-order valence-electron chi connectivity index (χ0n) is 12.9. The fourth-order valence-electron chi connectivity index (χ4n) is 2.35. The molecule has 7 nitrogen and oxygen atoms in total. The van der Waals surface area contributed by atoms with Crippen molar-refractivity contribution in [2.45, 2.75) is 19.9 Å². The summed E-state index contributed by atoms with van der Waals surface area (Å²) in [6.45, 7) is 4.34. The van der Waals surface area contributed by atoms with Gasteiger partial charge in [0.2, 0.25) is 0 Å². The first-order valence-corrected chi connectivity index (χ1v) is 6.69. The van der Waals surface area contributed by atoms with Gasteiger partial charge >= 0.3 is 5.69 Å². The Balaban J connectivity index is 2.78. The normalized spacial score (nSPS) is 12.6. The average molecular weight is 292 g/mol. The molecule has 0 spiro atoms. The fourth-order valence-corrected chi connectivity index (χ4v) is 2.35. The topological polar surface area (TPSA) is 78.2 Å². The molecule has 0 aliphatic rings. The summed E-state index contributed by atoms with van der Waals surface area (Å²) in [7, 11) is 4.70. The van der Waals surface area contributed by atoms with Gasteiger partial charge in [-0.3, -0.25) is 13.9 Å². The van der Waals surface area contributed by atoms with E-state index in [0.717, 1.165) is 10.1 Å². The molecule has 0 aromatic carbocycles. The molecule has 114 valence electrons. The molecule has 21 heavy (non-hydrogen) atoms. The van der Waals surface area contributed by atoms with E-state index < -0.39 is 0 Å². The van der Waals surface area contributed by atoms with E-state index in [-0.39, 0.29) is 17.3 Å². The van der Waals surface area contributed by atoms with E-state index in [1.54, 1.807) is 20.4 Å². The molecule has 0 unspecified atom stereocenters. The van der Waals surface area contributed by atoms with Crippen molar-refractivity contribution in [1.29, 1.82) is 0 Å². The van der Waals surface area contributed by atoms with Crippen molar-refractivity contribution in [1.82, 2.24) is 14.1 Å². The number of fused-ring (bicyclic) bond motifs is 1. The molecule has 0 amide bonds. The molecular formula is C14H20N4O3. The minimum atomic E-state index is -0.389. The second-order valence-electron chi connectivity index (χ2n) is 5.22. The largest absolute Gasteiger partial charge is 0.383 e. The monoisotopic (exact) mass is 292 g/mol. The molecule has 0 aliphatic carbocycles. The van der Waals surface area contributed by atoms with Crippen molar-refractivity contribution in [3.63, 3.8) is 0 Å². The minimum absolute atomic E-state index is 0.0289. The first-order chi connectivity index (χ1) is 9.88. The molecule has 0 bridgehead atoms. The van der Waals surface area contributed by atoms with E-state index in [1.165, 1.54) is 11.6 Å². The SMILES string of the molecule is COC[C@@H](C)Nc1c(C)cnc2c1c(=O)n(C)c(=O)n2C. The van der Waals surface area contributed by atoms with Crippen molar-refractivity contribution < 1.29 is 4.74 Å². The summed E-state index contributed by atoms with van der Waals surface area (Å²) in [5.74, 6) is 0. The first-order valence-electron chi connectivity index (χ1n) is 6.69. The van der Waals surface area contributed by atoms with Crippen LogP contribution in [-0.4, -0.2) is 33.9 Å². The highest BCUT2D eigenvalue weighted by molar-refractivity contribution is 5.90. The molecule has 2 aromatic heterocycles. The molecule has 0 radical (unpaired) electrons. The maximum absolute atomic E-state index is 12.5. The molecule has 0 saturated heterocycles. The van der Waals surface area contributed by atoms with Gasteiger partial charge in [0.05, 0.1) is 12.3 Å². The van der Waals surface area contributed by atoms with Crippen molar-refractivity contribution >= 4 is 16.7 Å². The fraction of sp³-hybridized carbons (Fsp3) is 0.500. The number of hydrogen-bond donors (Lipinski definition) is 1. The third-order valence-electron chi connectivity index (χ3n) is 3.47. The predicted molar refractivity (Wildman–Crippen MR) is 81.9 cm³/mol. The Bertz CT molecular complexity index is 791. The summed E-state index contributed by atoms with van der Waals surface area (Å²) in [4.78, 5) is 28.7. The molecule has 0 saturated carbocycles. The quantitative estimate of drug-likeness (QED) is 0.882. The summed E-state index contributed by atoms with van der Waals surface area (Å²) < 4.78 is 7.58. The number of aryl methyl sites for hydroxylation is 2. The molecule has 1 N–H and O–H groups in total. The predicted octanol–water partition coefficient (Wildman–Crippen LogP) is 0.387. The summed E-state index contributed by atoms with van der Waals surface area (Å²) in [5, 5.41) is 3.69. The Kier molecular flexibility index (Phi) is 4.13. The van der Waals surface area contributed by atoms with Crippen LogP contribution in [0.2, 0.25) is 0 Å². The van der Waals surface area contributed by atoms with Gasteiger partial charge in [-0.05, 0) is 19.4 Å². The number of ether oxygens (including phenoxy) is 1. The highest BCUT2D eigenvalue weighted by Crippen LogP contribution is 2.22. The second kappa shape index (κ2) is 5.69. The van der Waals surface area contributed by atoms with Crippen LogP contribution in [0.5, 0.6) is 0 Å². The van der Waals surface area contributed by atoms with Crippen LogP contribution in [0.1, 0.15) is 12.5 Å². The summed E-state index contributed by atoms with van der Waals surface area (Å²) >= 11 is 0. The van der Waals surface area contributed by atoms with E-state index in [9.17, 15) is 9.59 Å². The van der Waals surface area contributed by atoms with Gasteiger partial charge in [0.15, 0.2) is 5.65 Å². The van der Waals surface area contributed by atoms with Gasteiger partial charge in [-0.1, -0.05) is 0 Å². The second-order valence-corrected chi connectivity index (χ2v) is 5.22. The summed E-state index contributed by atoms with van der Waals surface area (Å²) in [6.07, 6.45) is 1.66. The third-order valence-corrected chi connectivity index (χ3v) is 3.47. The lowest BCUT2D eigenvalue weighted by atomic mass is 10.1. The van der Waals surface area contributed by atoms with E-state index >= 15 is 0 Å². The van der Waals surface area contributed by atoms with E-state index in [1.807, 2.05) is 13.8 Å². The standard InChI is InChI=1S/C14H20N4O3/c1-8-6-15-12-10(11(8)16-9(2)7-21-5)13(19)18(4)14(20)17(12)3/h6,9H,7H2,1-5H3,(H,15,16)/t9-/m1/s1. The molecule has 7 heteroatoms. The number of nitrogens with one attached hydrogen (secondary N) is 1. The highest BCUT2D eigenvalue weighted by atomic mass is 16.5. The molecular weight excluding hydrogens is 272 g/mol. The first kappa shape index (κ1) is 15.2. The van der Waals surface area contributed by atoms with Crippen LogP contribution in [0.25, 0.3) is 11.0 Å². The van der Waals surface area contributed by atoms with Crippen LogP contribution in [-0.2, 0) is 18.8 Å². The van der Waals surface area contributed by atoms with Crippen molar-refractivity contribution in [2.24, 2.45) is 14.1 Å². The molecule has 0 fully saturated rings. The molecule has 0 aliphatic heterocycles. The Morgan fingerprint density at radius 1 is 1.33 bits per heavy atom. The average Bonchev–Trinajstić information content (AvgIpc) is 2.45. The van der Waals surface area contributed by atoms with Crippen LogP contribution in [0, 0.1) is 6.92 Å². The van der Waals surface area contributed by atoms with E-state index in [4.69, 9.17) is 4.74 Å². The zero-order valence-corrected chi connectivity index (χ0v) is 12.9. The lowest BCUT2D eigenvalue weighted by Crippen LogP contribution is -2.38. The molecule has 1 atom stereocenters. The van der Waals surface area contributed by atoms with Gasteiger partial charge in [-0.15, -0.1) is 0 Å².